The topological polar surface area (TPSA) is 29.9 Å². The maximum atomic E-state index is 5.48. The predicted octanol–water partition coefficient (Wildman–Crippen LogP) is 5.24. The van der Waals surface area contributed by atoms with Crippen molar-refractivity contribution in [2.45, 2.75) is 52.0 Å². The van der Waals surface area contributed by atoms with Gasteiger partial charge < -0.3 is 14.3 Å². The number of H-pyrrole nitrogens is 1. The van der Waals surface area contributed by atoms with Gasteiger partial charge in [-0.1, -0.05) is 32.6 Å². The van der Waals surface area contributed by atoms with Gasteiger partial charge in [-0.25, -0.2) is 0 Å². The van der Waals surface area contributed by atoms with E-state index in [9.17, 15) is 0 Å². The molecular weight excluding hydrogens is 268 g/mol. The second-order valence-corrected chi connectivity index (χ2v) is 5.77. The fourth-order valence-corrected chi connectivity index (χ4v) is 3.06. The van der Waals surface area contributed by atoms with Crippen LogP contribution in [0.25, 0.3) is 11.0 Å². The summed E-state index contributed by atoms with van der Waals surface area (Å²) in [6, 6.07) is 6.51. The third-order valence-corrected chi connectivity index (χ3v) is 4.14. The zero-order valence-electron chi connectivity index (χ0n) is 12.6. The van der Waals surface area contributed by atoms with Crippen molar-refractivity contribution in [3.8, 4) is 5.75 Å². The molecule has 0 spiro atoms. The highest BCUT2D eigenvalue weighted by atomic mass is 32.1. The molecule has 0 fully saturated rings. The number of benzene rings is 1. The Hall–Kier alpha value is -1.29. The zero-order valence-corrected chi connectivity index (χ0v) is 13.4. The minimum atomic E-state index is 0.432. The first-order chi connectivity index (χ1) is 9.67. The first kappa shape index (κ1) is 15.1. The molecule has 1 unspecified atom stereocenters. The molecule has 0 saturated heterocycles. The number of hydrogen-bond acceptors (Lipinski definition) is 2. The van der Waals surface area contributed by atoms with E-state index in [1.807, 2.05) is 12.1 Å². The number of imidazole rings is 1. The lowest BCUT2D eigenvalue weighted by molar-refractivity contribution is 0.415. The molecule has 20 heavy (non-hydrogen) atoms. The van der Waals surface area contributed by atoms with Crippen LogP contribution in [0.3, 0.4) is 0 Å². The highest BCUT2D eigenvalue weighted by Gasteiger charge is 2.11. The van der Waals surface area contributed by atoms with Gasteiger partial charge in [0.25, 0.3) is 0 Å². The van der Waals surface area contributed by atoms with Gasteiger partial charge in [0.2, 0.25) is 0 Å². The van der Waals surface area contributed by atoms with Gasteiger partial charge in [-0.2, -0.15) is 0 Å². The summed E-state index contributed by atoms with van der Waals surface area (Å²) in [6.07, 6.45) is 6.35. The van der Waals surface area contributed by atoms with Crippen LogP contribution in [-0.4, -0.2) is 16.7 Å². The number of rotatable bonds is 7. The van der Waals surface area contributed by atoms with Crippen molar-refractivity contribution in [1.82, 2.24) is 9.55 Å². The van der Waals surface area contributed by atoms with Crippen LogP contribution in [0.15, 0.2) is 18.2 Å². The van der Waals surface area contributed by atoms with Crippen LogP contribution in [0.4, 0.5) is 0 Å². The molecule has 2 aromatic rings. The molecule has 0 aliphatic heterocycles. The molecular formula is C16H24N2OS. The smallest absolute Gasteiger partial charge is 0.178 e. The summed E-state index contributed by atoms with van der Waals surface area (Å²) in [4.78, 5) is 3.28. The fourth-order valence-electron chi connectivity index (χ4n) is 2.67. The third-order valence-electron chi connectivity index (χ3n) is 3.84. The van der Waals surface area contributed by atoms with Crippen LogP contribution in [-0.2, 0) is 0 Å². The van der Waals surface area contributed by atoms with Crippen molar-refractivity contribution in [2.24, 2.45) is 0 Å². The standard InChI is InChI=1S/C16H24N2OS/c1-4-5-6-7-8-12(2)18-15-10-9-13(19-3)11-14(15)17-16(18)20/h9-12H,4-8H2,1-3H3,(H,17,20). The van der Waals surface area contributed by atoms with Crippen molar-refractivity contribution in [3.05, 3.63) is 23.0 Å². The summed E-state index contributed by atoms with van der Waals surface area (Å²) >= 11 is 5.48. The summed E-state index contributed by atoms with van der Waals surface area (Å²) in [5.74, 6) is 0.858. The van der Waals surface area contributed by atoms with Crippen molar-refractivity contribution >= 4 is 23.3 Å². The molecule has 0 bridgehead atoms. The minimum Gasteiger partial charge on any atom is -0.497 e. The molecule has 2 rings (SSSR count). The molecule has 1 N–H and O–H groups in total. The zero-order chi connectivity index (χ0) is 14.5. The number of ether oxygens (including phenoxy) is 1. The predicted molar refractivity (Wildman–Crippen MR) is 87.1 cm³/mol. The third kappa shape index (κ3) is 3.23. The number of hydrogen-bond donors (Lipinski definition) is 1. The molecule has 0 aliphatic rings. The van der Waals surface area contributed by atoms with Crippen LogP contribution in [0.2, 0.25) is 0 Å². The first-order valence-electron chi connectivity index (χ1n) is 7.45. The molecule has 110 valence electrons. The normalized spacial score (nSPS) is 12.8. The average Bonchev–Trinajstić information content (AvgIpc) is 2.78. The van der Waals surface area contributed by atoms with E-state index in [4.69, 9.17) is 17.0 Å². The van der Waals surface area contributed by atoms with Gasteiger partial charge in [-0.3, -0.25) is 0 Å². The van der Waals surface area contributed by atoms with E-state index in [-0.39, 0.29) is 0 Å². The highest BCUT2D eigenvalue weighted by molar-refractivity contribution is 7.71. The summed E-state index contributed by atoms with van der Waals surface area (Å²) in [7, 11) is 1.68. The molecule has 0 amide bonds. The van der Waals surface area contributed by atoms with E-state index in [1.54, 1.807) is 7.11 Å². The number of aromatic nitrogens is 2. The van der Waals surface area contributed by atoms with Gasteiger partial charge in [0.05, 0.1) is 18.1 Å². The van der Waals surface area contributed by atoms with Gasteiger partial charge in [0.15, 0.2) is 4.77 Å². The van der Waals surface area contributed by atoms with E-state index in [1.165, 1.54) is 37.6 Å². The van der Waals surface area contributed by atoms with Crippen molar-refractivity contribution < 1.29 is 4.74 Å². The minimum absolute atomic E-state index is 0.432. The summed E-state index contributed by atoms with van der Waals surface area (Å²) in [5.41, 5.74) is 2.22. The summed E-state index contributed by atoms with van der Waals surface area (Å²) in [6.45, 7) is 4.49. The Bertz CT molecular complexity index is 614. The Labute approximate surface area is 126 Å². The van der Waals surface area contributed by atoms with Crippen molar-refractivity contribution in [2.75, 3.05) is 7.11 Å². The van der Waals surface area contributed by atoms with Gasteiger partial charge in [0.1, 0.15) is 5.75 Å². The Kier molecular flexibility index (Phi) is 5.24. The lowest BCUT2D eigenvalue weighted by Crippen LogP contribution is -2.05. The molecule has 0 saturated carbocycles. The van der Waals surface area contributed by atoms with Gasteiger partial charge in [-0.05, 0) is 37.7 Å². The van der Waals surface area contributed by atoms with Gasteiger partial charge in [-0.15, -0.1) is 0 Å². The highest BCUT2D eigenvalue weighted by Crippen LogP contribution is 2.25. The molecule has 0 aliphatic carbocycles. The van der Waals surface area contributed by atoms with Gasteiger partial charge in [0, 0.05) is 12.1 Å². The van der Waals surface area contributed by atoms with E-state index in [0.717, 1.165) is 16.0 Å². The number of nitrogens with zero attached hydrogens (tertiary/aromatic N) is 1. The van der Waals surface area contributed by atoms with E-state index < -0.39 is 0 Å². The number of unbranched alkanes of at least 4 members (excludes halogenated alkanes) is 3. The van der Waals surface area contributed by atoms with Crippen LogP contribution in [0.1, 0.15) is 52.0 Å². The van der Waals surface area contributed by atoms with E-state index in [0.29, 0.717) is 6.04 Å². The van der Waals surface area contributed by atoms with Crippen LogP contribution in [0.5, 0.6) is 5.75 Å². The maximum Gasteiger partial charge on any atom is 0.178 e. The lowest BCUT2D eigenvalue weighted by Gasteiger charge is -2.14. The molecule has 1 heterocycles. The summed E-state index contributed by atoms with van der Waals surface area (Å²) in [5, 5.41) is 0. The monoisotopic (exact) mass is 292 g/mol. The lowest BCUT2D eigenvalue weighted by atomic mass is 10.1. The number of nitrogens with one attached hydrogen (secondary N) is 1. The quantitative estimate of drug-likeness (QED) is 0.558. The fraction of sp³-hybridized carbons (Fsp3) is 0.562. The summed E-state index contributed by atoms with van der Waals surface area (Å²) < 4.78 is 8.29. The van der Waals surface area contributed by atoms with Crippen LogP contribution >= 0.6 is 12.2 Å². The Balaban J connectivity index is 2.20. The Morgan fingerprint density at radius 1 is 1.30 bits per heavy atom. The Morgan fingerprint density at radius 2 is 2.10 bits per heavy atom. The van der Waals surface area contributed by atoms with Crippen LogP contribution < -0.4 is 4.74 Å². The molecule has 3 nitrogen and oxygen atoms in total. The van der Waals surface area contributed by atoms with Crippen LogP contribution in [0, 0.1) is 4.77 Å². The molecule has 4 heteroatoms. The maximum absolute atomic E-state index is 5.48. The van der Waals surface area contributed by atoms with Crippen molar-refractivity contribution in [1.29, 1.82) is 0 Å². The number of fused-ring (bicyclic) bond motifs is 1. The SMILES string of the molecule is CCCCCCC(C)n1c(=S)[nH]c2cc(OC)ccc21. The number of aromatic amines is 1. The van der Waals surface area contributed by atoms with Gasteiger partial charge >= 0.3 is 0 Å². The molecule has 1 aromatic carbocycles. The first-order valence-corrected chi connectivity index (χ1v) is 7.86. The molecule has 1 aromatic heterocycles. The largest absolute Gasteiger partial charge is 0.497 e. The molecule has 1 atom stereocenters. The van der Waals surface area contributed by atoms with E-state index >= 15 is 0 Å². The Morgan fingerprint density at radius 3 is 2.80 bits per heavy atom. The second kappa shape index (κ2) is 6.93. The molecule has 0 radical (unpaired) electrons. The second-order valence-electron chi connectivity index (χ2n) is 5.38. The number of methoxy groups -OCH3 is 1. The van der Waals surface area contributed by atoms with E-state index in [2.05, 4.69) is 29.5 Å². The van der Waals surface area contributed by atoms with Crippen molar-refractivity contribution in [3.63, 3.8) is 0 Å². The average molecular weight is 292 g/mol.